The first-order valence-corrected chi connectivity index (χ1v) is 16.5. The van der Waals surface area contributed by atoms with Crippen molar-refractivity contribution in [3.05, 3.63) is 0 Å². The second-order valence-electron chi connectivity index (χ2n) is 11.3. The molecule has 0 unspecified atom stereocenters. The van der Waals surface area contributed by atoms with E-state index < -0.39 is 0 Å². The lowest BCUT2D eigenvalue weighted by Gasteiger charge is -2.23. The van der Waals surface area contributed by atoms with E-state index >= 15 is 0 Å². The van der Waals surface area contributed by atoms with Crippen LogP contribution in [0.1, 0.15) is 194 Å². The first kappa shape index (κ1) is 34.5. The van der Waals surface area contributed by atoms with Gasteiger partial charge < -0.3 is 4.90 Å². The molecule has 0 spiro atoms. The third-order valence-electron chi connectivity index (χ3n) is 7.66. The normalized spacial score (nSPS) is 11.3. The number of carbonyl (C=O) groups is 1. The van der Waals surface area contributed by atoms with Crippen LogP contribution in [0.2, 0.25) is 0 Å². The first-order chi connectivity index (χ1) is 17.3. The monoisotopic (exact) mass is 494 g/mol. The van der Waals surface area contributed by atoms with E-state index in [0.29, 0.717) is 5.91 Å². The quantitative estimate of drug-likeness (QED) is 0.0948. The lowest BCUT2D eigenvalue weighted by Crippen LogP contribution is -2.32. The number of nitrogens with zero attached hydrogens (tertiary/aromatic N) is 1. The van der Waals surface area contributed by atoms with Gasteiger partial charge in [0.05, 0.1) is 0 Å². The summed E-state index contributed by atoms with van der Waals surface area (Å²) >= 11 is 0. The molecule has 0 aromatic heterocycles. The van der Waals surface area contributed by atoms with Gasteiger partial charge in [-0.25, -0.2) is 0 Å². The van der Waals surface area contributed by atoms with Crippen LogP contribution >= 0.6 is 0 Å². The van der Waals surface area contributed by atoms with Gasteiger partial charge in [-0.2, -0.15) is 0 Å². The highest BCUT2D eigenvalue weighted by atomic mass is 16.2. The molecule has 0 atom stereocenters. The van der Waals surface area contributed by atoms with Gasteiger partial charge in [0.25, 0.3) is 0 Å². The Balaban J connectivity index is 4.05. The van der Waals surface area contributed by atoms with E-state index in [1.165, 1.54) is 161 Å². The highest BCUT2D eigenvalue weighted by molar-refractivity contribution is 5.76. The maximum Gasteiger partial charge on any atom is 0.222 e. The summed E-state index contributed by atoms with van der Waals surface area (Å²) in [6.07, 6.45) is 35.7. The van der Waals surface area contributed by atoms with Crippen LogP contribution < -0.4 is 0 Å². The molecular weight excluding hydrogens is 426 g/mol. The second kappa shape index (κ2) is 29.7. The summed E-state index contributed by atoms with van der Waals surface area (Å²) in [4.78, 5) is 15.2. The van der Waals surface area contributed by atoms with Gasteiger partial charge in [-0.3, -0.25) is 4.79 Å². The number of unbranched alkanes of at least 4 members (excludes halogenated alkanes) is 23. The van der Waals surface area contributed by atoms with Crippen LogP contribution in [-0.4, -0.2) is 23.9 Å². The van der Waals surface area contributed by atoms with E-state index in [2.05, 4.69) is 25.7 Å². The molecule has 0 bridgehead atoms. The smallest absolute Gasteiger partial charge is 0.222 e. The fourth-order valence-corrected chi connectivity index (χ4v) is 5.16. The van der Waals surface area contributed by atoms with Gasteiger partial charge in [0.15, 0.2) is 0 Å². The molecule has 210 valence electrons. The van der Waals surface area contributed by atoms with Crippen molar-refractivity contribution in [2.24, 2.45) is 0 Å². The number of amides is 1. The maximum absolute atomic E-state index is 13.0. The molecule has 0 N–H and O–H groups in total. The van der Waals surface area contributed by atoms with Crippen LogP contribution in [0.15, 0.2) is 0 Å². The zero-order valence-electron chi connectivity index (χ0n) is 24.9. The molecular formula is C33H67NO. The Hall–Kier alpha value is -0.530. The Bertz CT molecular complexity index is 386. The van der Waals surface area contributed by atoms with Crippen LogP contribution in [0.3, 0.4) is 0 Å². The zero-order chi connectivity index (χ0) is 25.7. The van der Waals surface area contributed by atoms with E-state index in [9.17, 15) is 4.79 Å². The number of hydrogen-bond acceptors (Lipinski definition) is 1. The largest absolute Gasteiger partial charge is 0.343 e. The van der Waals surface area contributed by atoms with Gasteiger partial charge in [-0.05, 0) is 19.3 Å². The van der Waals surface area contributed by atoms with E-state index in [0.717, 1.165) is 25.9 Å². The molecule has 2 heteroatoms. The first-order valence-electron chi connectivity index (χ1n) is 16.5. The van der Waals surface area contributed by atoms with Gasteiger partial charge in [0.2, 0.25) is 5.91 Å². The molecule has 0 aliphatic heterocycles. The lowest BCUT2D eigenvalue weighted by molar-refractivity contribution is -0.131. The van der Waals surface area contributed by atoms with E-state index in [-0.39, 0.29) is 0 Å². The van der Waals surface area contributed by atoms with Crippen molar-refractivity contribution in [3.63, 3.8) is 0 Å². The molecule has 0 fully saturated rings. The molecule has 0 radical (unpaired) electrons. The summed E-state index contributed by atoms with van der Waals surface area (Å²) in [5.74, 6) is 0.440. The number of hydrogen-bond donors (Lipinski definition) is 0. The van der Waals surface area contributed by atoms with Crippen molar-refractivity contribution in [1.29, 1.82) is 0 Å². The Morgan fingerprint density at radius 1 is 0.371 bits per heavy atom. The fourth-order valence-electron chi connectivity index (χ4n) is 5.16. The Labute approximate surface area is 222 Å². The summed E-state index contributed by atoms with van der Waals surface area (Å²) in [7, 11) is 0. The Morgan fingerprint density at radius 3 is 0.943 bits per heavy atom. The molecule has 0 saturated heterocycles. The lowest BCUT2D eigenvalue weighted by atomic mass is 10.1. The van der Waals surface area contributed by atoms with Gasteiger partial charge in [-0.15, -0.1) is 0 Å². The van der Waals surface area contributed by atoms with Crippen LogP contribution in [0.5, 0.6) is 0 Å². The van der Waals surface area contributed by atoms with Gasteiger partial charge in [0.1, 0.15) is 0 Å². The van der Waals surface area contributed by atoms with E-state index in [1.807, 2.05) is 0 Å². The summed E-state index contributed by atoms with van der Waals surface area (Å²) in [6, 6.07) is 0. The molecule has 0 aromatic rings. The van der Waals surface area contributed by atoms with E-state index in [1.54, 1.807) is 0 Å². The molecule has 0 rings (SSSR count). The molecule has 0 aliphatic rings. The molecule has 0 saturated carbocycles. The van der Waals surface area contributed by atoms with Crippen molar-refractivity contribution >= 4 is 5.91 Å². The highest BCUT2D eigenvalue weighted by Crippen LogP contribution is 2.14. The van der Waals surface area contributed by atoms with Crippen LogP contribution in [0.4, 0.5) is 0 Å². The molecule has 0 heterocycles. The molecule has 35 heavy (non-hydrogen) atoms. The molecule has 1 amide bonds. The Kier molecular flexibility index (Phi) is 29.2. The van der Waals surface area contributed by atoms with Crippen molar-refractivity contribution in [3.8, 4) is 0 Å². The second-order valence-corrected chi connectivity index (χ2v) is 11.3. The predicted octanol–water partition coefficient (Wildman–Crippen LogP) is 11.4. The van der Waals surface area contributed by atoms with Crippen molar-refractivity contribution in [2.75, 3.05) is 13.1 Å². The third kappa shape index (κ3) is 26.3. The summed E-state index contributed by atoms with van der Waals surface area (Å²) in [5, 5.41) is 0. The maximum atomic E-state index is 13.0. The van der Waals surface area contributed by atoms with Crippen LogP contribution in [-0.2, 0) is 4.79 Å². The van der Waals surface area contributed by atoms with Crippen LogP contribution in [0, 0.1) is 0 Å². The standard InChI is InChI=1S/C33H67NO/c1-4-7-10-13-16-19-22-25-28-31-34(32-29-26-23-20-17-14-11-8-5-2)33(35)30-27-24-21-18-15-12-9-6-3/h4-32H2,1-3H3. The van der Waals surface area contributed by atoms with Crippen LogP contribution in [0.25, 0.3) is 0 Å². The SMILES string of the molecule is CCCCCCCCCCCN(CCCCCCCCCCC)C(=O)CCCCCCCCCC. The van der Waals surface area contributed by atoms with Crippen molar-refractivity contribution < 1.29 is 4.79 Å². The summed E-state index contributed by atoms with van der Waals surface area (Å²) < 4.78 is 0. The summed E-state index contributed by atoms with van der Waals surface area (Å²) in [6.45, 7) is 8.86. The molecule has 0 aromatic carbocycles. The van der Waals surface area contributed by atoms with E-state index in [4.69, 9.17) is 0 Å². The number of rotatable bonds is 29. The van der Waals surface area contributed by atoms with Crippen molar-refractivity contribution in [1.82, 2.24) is 4.90 Å². The van der Waals surface area contributed by atoms with Crippen molar-refractivity contribution in [2.45, 2.75) is 194 Å². The summed E-state index contributed by atoms with van der Waals surface area (Å²) in [5.41, 5.74) is 0. The predicted molar refractivity (Wildman–Crippen MR) is 158 cm³/mol. The number of carbonyl (C=O) groups excluding carboxylic acids is 1. The Morgan fingerprint density at radius 2 is 0.629 bits per heavy atom. The molecule has 2 nitrogen and oxygen atoms in total. The van der Waals surface area contributed by atoms with Gasteiger partial charge in [-0.1, -0.05) is 168 Å². The third-order valence-corrected chi connectivity index (χ3v) is 7.66. The minimum atomic E-state index is 0.440. The average molecular weight is 494 g/mol. The minimum absolute atomic E-state index is 0.440. The zero-order valence-corrected chi connectivity index (χ0v) is 24.9. The molecule has 0 aliphatic carbocycles. The average Bonchev–Trinajstić information content (AvgIpc) is 2.86. The van der Waals surface area contributed by atoms with Gasteiger partial charge >= 0.3 is 0 Å². The topological polar surface area (TPSA) is 20.3 Å². The minimum Gasteiger partial charge on any atom is -0.343 e. The highest BCUT2D eigenvalue weighted by Gasteiger charge is 2.12. The van der Waals surface area contributed by atoms with Gasteiger partial charge in [0, 0.05) is 19.5 Å². The fraction of sp³-hybridized carbons (Fsp3) is 0.970.